The number of aliphatic carboxylic acids is 1. The second-order valence-corrected chi connectivity index (χ2v) is 11.3. The third-order valence-electron chi connectivity index (χ3n) is 7.40. The highest BCUT2D eigenvalue weighted by Crippen LogP contribution is 2.15. The van der Waals surface area contributed by atoms with Crippen LogP contribution in [0.1, 0.15) is 174 Å². The first-order valence-corrected chi connectivity index (χ1v) is 17.0. The first-order chi connectivity index (χ1) is 19.6. The average molecular weight is 561 g/mol. The monoisotopic (exact) mass is 560 g/mol. The highest BCUT2D eigenvalue weighted by molar-refractivity contribution is 5.77. The molecule has 0 radical (unpaired) electrons. The van der Waals surface area contributed by atoms with E-state index in [-0.39, 0.29) is 5.97 Å². The molecule has 0 aliphatic carbocycles. The molecular formula is C36H64O4. The molecule has 0 rings (SSSR count). The SMILES string of the molecule is CC/C=C\C/C=C\C/C=C\CCCCCCCCCCCC(=O)OC(CCCCCCCCCCCC)C(=O)O. The summed E-state index contributed by atoms with van der Waals surface area (Å²) in [5.41, 5.74) is 0. The molecule has 0 spiro atoms. The number of carbonyl (C=O) groups excluding carboxylic acids is 1. The summed E-state index contributed by atoms with van der Waals surface area (Å²) in [6.45, 7) is 4.40. The van der Waals surface area contributed by atoms with E-state index >= 15 is 0 Å². The van der Waals surface area contributed by atoms with E-state index < -0.39 is 12.1 Å². The Hall–Kier alpha value is -1.84. The second kappa shape index (κ2) is 31.7. The van der Waals surface area contributed by atoms with Crippen LogP contribution < -0.4 is 0 Å². The lowest BCUT2D eigenvalue weighted by atomic mass is 10.0. The van der Waals surface area contributed by atoms with Crippen molar-refractivity contribution in [2.45, 2.75) is 180 Å². The Balaban J connectivity index is 3.57. The molecule has 1 unspecified atom stereocenters. The number of carboxylic acids is 1. The van der Waals surface area contributed by atoms with E-state index in [0.29, 0.717) is 12.8 Å². The molecule has 0 bridgehead atoms. The predicted molar refractivity (Wildman–Crippen MR) is 172 cm³/mol. The lowest BCUT2D eigenvalue weighted by Gasteiger charge is -2.13. The van der Waals surface area contributed by atoms with Crippen LogP contribution in [0.5, 0.6) is 0 Å². The number of ether oxygens (including phenoxy) is 1. The average Bonchev–Trinajstić information content (AvgIpc) is 2.94. The van der Waals surface area contributed by atoms with Crippen LogP contribution in [0.2, 0.25) is 0 Å². The van der Waals surface area contributed by atoms with Crippen molar-refractivity contribution in [2.24, 2.45) is 0 Å². The molecule has 0 aliphatic rings. The van der Waals surface area contributed by atoms with Gasteiger partial charge in [0.1, 0.15) is 0 Å². The maximum Gasteiger partial charge on any atom is 0.345 e. The van der Waals surface area contributed by atoms with Gasteiger partial charge in [0.25, 0.3) is 0 Å². The van der Waals surface area contributed by atoms with E-state index in [0.717, 1.165) is 57.8 Å². The normalized spacial score (nSPS) is 12.7. The zero-order valence-corrected chi connectivity index (χ0v) is 26.4. The maximum atomic E-state index is 12.1. The third kappa shape index (κ3) is 29.2. The quantitative estimate of drug-likeness (QED) is 0.0539. The summed E-state index contributed by atoms with van der Waals surface area (Å²) in [5, 5.41) is 9.42. The molecule has 0 amide bonds. The second-order valence-electron chi connectivity index (χ2n) is 11.3. The van der Waals surface area contributed by atoms with Gasteiger partial charge in [-0.25, -0.2) is 4.79 Å². The molecule has 0 aromatic rings. The highest BCUT2D eigenvalue weighted by atomic mass is 16.6. The molecule has 0 heterocycles. The van der Waals surface area contributed by atoms with Crippen LogP contribution in [-0.2, 0) is 14.3 Å². The molecule has 0 fully saturated rings. The summed E-state index contributed by atoms with van der Waals surface area (Å²) in [4.78, 5) is 23.6. The summed E-state index contributed by atoms with van der Waals surface area (Å²) in [5.74, 6) is -1.36. The van der Waals surface area contributed by atoms with Crippen LogP contribution in [0.25, 0.3) is 0 Å². The summed E-state index contributed by atoms with van der Waals surface area (Å²) < 4.78 is 5.28. The standard InChI is InChI=1S/C36H64O4/c1-3-5-7-9-11-13-15-16-17-18-19-20-21-22-23-25-27-29-31-33-35(37)40-34(36(38)39)32-30-28-26-24-14-12-10-8-6-4-2/h5,7,11,13,16-17,34H,3-4,6,8-10,12,14-15,18-33H2,1-2H3,(H,38,39)/b7-5-,13-11-,17-16-. The minimum absolute atomic E-state index is 0.334. The molecule has 4 nitrogen and oxygen atoms in total. The van der Waals surface area contributed by atoms with E-state index in [1.807, 2.05) is 0 Å². The summed E-state index contributed by atoms with van der Waals surface area (Å²) in [6.07, 6.45) is 40.3. The smallest absolute Gasteiger partial charge is 0.345 e. The number of rotatable bonds is 30. The Labute approximate surface area is 248 Å². The van der Waals surface area contributed by atoms with Crippen molar-refractivity contribution in [3.8, 4) is 0 Å². The van der Waals surface area contributed by atoms with E-state index in [2.05, 4.69) is 50.3 Å². The molecular weight excluding hydrogens is 496 g/mol. The fourth-order valence-electron chi connectivity index (χ4n) is 4.86. The van der Waals surface area contributed by atoms with Crippen molar-refractivity contribution in [3.63, 3.8) is 0 Å². The number of carbonyl (C=O) groups is 2. The molecule has 1 N–H and O–H groups in total. The van der Waals surface area contributed by atoms with Crippen molar-refractivity contribution in [1.29, 1.82) is 0 Å². The van der Waals surface area contributed by atoms with Gasteiger partial charge < -0.3 is 9.84 Å². The van der Waals surface area contributed by atoms with E-state index in [1.165, 1.54) is 89.9 Å². The first kappa shape index (κ1) is 38.2. The third-order valence-corrected chi connectivity index (χ3v) is 7.40. The van der Waals surface area contributed by atoms with Crippen molar-refractivity contribution in [2.75, 3.05) is 0 Å². The van der Waals surface area contributed by atoms with Crippen LogP contribution in [0, 0.1) is 0 Å². The summed E-state index contributed by atoms with van der Waals surface area (Å²) in [6, 6.07) is 0. The zero-order chi connectivity index (χ0) is 29.4. The number of hydrogen-bond acceptors (Lipinski definition) is 3. The van der Waals surface area contributed by atoms with Gasteiger partial charge in [-0.3, -0.25) is 4.79 Å². The topological polar surface area (TPSA) is 63.6 Å². The largest absolute Gasteiger partial charge is 0.479 e. The molecule has 4 heteroatoms. The van der Waals surface area contributed by atoms with Crippen LogP contribution in [0.4, 0.5) is 0 Å². The number of allylic oxidation sites excluding steroid dienone is 6. The van der Waals surface area contributed by atoms with Crippen molar-refractivity contribution in [1.82, 2.24) is 0 Å². The summed E-state index contributed by atoms with van der Waals surface area (Å²) >= 11 is 0. The number of hydrogen-bond donors (Lipinski definition) is 1. The van der Waals surface area contributed by atoms with Crippen LogP contribution >= 0.6 is 0 Å². The molecule has 232 valence electrons. The zero-order valence-electron chi connectivity index (χ0n) is 26.4. The lowest BCUT2D eigenvalue weighted by molar-refractivity contribution is -0.164. The Kier molecular flexibility index (Phi) is 30.2. The molecule has 0 aliphatic heterocycles. The van der Waals surface area contributed by atoms with E-state index in [4.69, 9.17) is 4.74 Å². The number of unbranched alkanes of at least 4 members (excludes halogenated alkanes) is 18. The van der Waals surface area contributed by atoms with Crippen LogP contribution in [0.3, 0.4) is 0 Å². The van der Waals surface area contributed by atoms with Gasteiger partial charge in [-0.1, -0.05) is 153 Å². The van der Waals surface area contributed by atoms with Gasteiger partial charge in [0, 0.05) is 6.42 Å². The van der Waals surface area contributed by atoms with Crippen molar-refractivity contribution >= 4 is 11.9 Å². The molecule has 0 saturated carbocycles. The lowest BCUT2D eigenvalue weighted by Crippen LogP contribution is -2.27. The Morgan fingerprint density at radius 1 is 0.575 bits per heavy atom. The summed E-state index contributed by atoms with van der Waals surface area (Å²) in [7, 11) is 0. The highest BCUT2D eigenvalue weighted by Gasteiger charge is 2.21. The minimum atomic E-state index is -1.01. The fourth-order valence-corrected chi connectivity index (χ4v) is 4.86. The van der Waals surface area contributed by atoms with Gasteiger partial charge in [-0.15, -0.1) is 0 Å². The Morgan fingerprint density at radius 2 is 1.02 bits per heavy atom. The predicted octanol–water partition coefficient (Wildman–Crippen LogP) is 11.4. The molecule has 0 saturated heterocycles. The molecule has 1 atom stereocenters. The Bertz CT molecular complexity index is 649. The van der Waals surface area contributed by atoms with Gasteiger partial charge in [0.15, 0.2) is 6.10 Å². The Morgan fingerprint density at radius 3 is 1.55 bits per heavy atom. The first-order valence-electron chi connectivity index (χ1n) is 17.0. The van der Waals surface area contributed by atoms with E-state index in [9.17, 15) is 14.7 Å². The van der Waals surface area contributed by atoms with Crippen LogP contribution in [0.15, 0.2) is 36.5 Å². The van der Waals surface area contributed by atoms with Gasteiger partial charge in [-0.2, -0.15) is 0 Å². The van der Waals surface area contributed by atoms with Crippen molar-refractivity contribution in [3.05, 3.63) is 36.5 Å². The fraction of sp³-hybridized carbons (Fsp3) is 0.778. The van der Waals surface area contributed by atoms with Gasteiger partial charge in [0.2, 0.25) is 0 Å². The van der Waals surface area contributed by atoms with Crippen molar-refractivity contribution < 1.29 is 19.4 Å². The molecule has 0 aromatic carbocycles. The maximum absolute atomic E-state index is 12.1. The van der Waals surface area contributed by atoms with Gasteiger partial charge in [0.05, 0.1) is 0 Å². The number of esters is 1. The van der Waals surface area contributed by atoms with Gasteiger partial charge in [-0.05, 0) is 51.4 Å². The minimum Gasteiger partial charge on any atom is -0.479 e. The van der Waals surface area contributed by atoms with Gasteiger partial charge >= 0.3 is 11.9 Å². The molecule has 0 aromatic heterocycles. The van der Waals surface area contributed by atoms with E-state index in [1.54, 1.807) is 0 Å². The van der Waals surface area contributed by atoms with Crippen LogP contribution in [-0.4, -0.2) is 23.1 Å². The number of carboxylic acid groups (broad SMARTS) is 1. The molecule has 40 heavy (non-hydrogen) atoms.